The van der Waals surface area contributed by atoms with Crippen molar-refractivity contribution in [2.45, 2.75) is 50.0 Å². The number of nitrogens with zero attached hydrogens (tertiary/aromatic N) is 2. The number of hydrogen-bond acceptors (Lipinski definition) is 6. The fourth-order valence-electron chi connectivity index (χ4n) is 4.29. The maximum absolute atomic E-state index is 13.1. The van der Waals surface area contributed by atoms with Gasteiger partial charge in [-0.05, 0) is 44.2 Å². The zero-order valence-electron chi connectivity index (χ0n) is 18.7. The van der Waals surface area contributed by atoms with Gasteiger partial charge in [-0.3, -0.25) is 4.79 Å². The third-order valence-corrected chi connectivity index (χ3v) is 7.94. The summed E-state index contributed by atoms with van der Waals surface area (Å²) >= 11 is 0. The van der Waals surface area contributed by atoms with Gasteiger partial charge in [0.15, 0.2) is 11.5 Å². The lowest BCUT2D eigenvalue weighted by molar-refractivity contribution is -0.140. The Morgan fingerprint density at radius 3 is 2.42 bits per heavy atom. The van der Waals surface area contributed by atoms with Gasteiger partial charge in [0.1, 0.15) is 0 Å². The number of amides is 1. The van der Waals surface area contributed by atoms with E-state index < -0.39 is 10.0 Å². The summed E-state index contributed by atoms with van der Waals surface area (Å²) in [5.74, 6) is 0.849. The van der Waals surface area contributed by atoms with Gasteiger partial charge in [-0.1, -0.05) is 6.92 Å². The van der Waals surface area contributed by atoms with Crippen LogP contribution >= 0.6 is 0 Å². The van der Waals surface area contributed by atoms with E-state index in [2.05, 4.69) is 6.92 Å². The maximum atomic E-state index is 13.1. The van der Waals surface area contributed by atoms with E-state index in [1.807, 2.05) is 4.90 Å². The number of sulfonamides is 1. The van der Waals surface area contributed by atoms with Crippen LogP contribution in [0, 0.1) is 5.92 Å². The second kappa shape index (κ2) is 10.7. The predicted molar refractivity (Wildman–Crippen MR) is 117 cm³/mol. The van der Waals surface area contributed by atoms with Crippen molar-refractivity contribution in [1.82, 2.24) is 9.21 Å². The van der Waals surface area contributed by atoms with Crippen molar-refractivity contribution in [3.63, 3.8) is 0 Å². The fourth-order valence-corrected chi connectivity index (χ4v) is 5.77. The van der Waals surface area contributed by atoms with Crippen LogP contribution in [0.2, 0.25) is 0 Å². The number of carbonyl (C=O) groups is 1. The van der Waals surface area contributed by atoms with E-state index in [0.717, 1.165) is 32.4 Å². The van der Waals surface area contributed by atoms with E-state index in [9.17, 15) is 13.2 Å². The second-order valence-corrected chi connectivity index (χ2v) is 10.1. The highest BCUT2D eigenvalue weighted by Gasteiger charge is 2.35. The second-order valence-electron chi connectivity index (χ2n) is 8.11. The SMILES string of the molecule is CCCOC1CCCN(C(=O)C2CCN(S(=O)(=O)c3ccc(OC)c(OC)c3)CC2)C1. The molecule has 2 fully saturated rings. The molecule has 3 rings (SSSR count). The van der Waals surface area contributed by atoms with Gasteiger partial charge in [0, 0.05) is 44.8 Å². The van der Waals surface area contributed by atoms with Gasteiger partial charge >= 0.3 is 0 Å². The van der Waals surface area contributed by atoms with E-state index in [1.165, 1.54) is 30.7 Å². The first kappa shape index (κ1) is 23.8. The summed E-state index contributed by atoms with van der Waals surface area (Å²) < 4.78 is 43.9. The Bertz CT molecular complexity index is 852. The van der Waals surface area contributed by atoms with Crippen LogP contribution in [-0.4, -0.2) is 76.6 Å². The Balaban J connectivity index is 1.60. The molecule has 174 valence electrons. The minimum atomic E-state index is -3.66. The molecule has 2 heterocycles. The lowest BCUT2D eigenvalue weighted by atomic mass is 9.95. The Morgan fingerprint density at radius 2 is 1.77 bits per heavy atom. The molecule has 2 saturated heterocycles. The molecule has 2 aliphatic heterocycles. The highest BCUT2D eigenvalue weighted by atomic mass is 32.2. The van der Waals surface area contributed by atoms with E-state index in [4.69, 9.17) is 14.2 Å². The summed E-state index contributed by atoms with van der Waals surface area (Å²) in [6, 6.07) is 4.60. The third-order valence-electron chi connectivity index (χ3n) is 6.04. The van der Waals surface area contributed by atoms with Gasteiger partial charge in [0.25, 0.3) is 0 Å². The molecule has 1 aromatic carbocycles. The van der Waals surface area contributed by atoms with Crippen LogP contribution in [0.1, 0.15) is 39.0 Å². The molecule has 0 radical (unpaired) electrons. The summed E-state index contributed by atoms with van der Waals surface area (Å²) in [7, 11) is -0.676. The Hall–Kier alpha value is -1.84. The number of methoxy groups -OCH3 is 2. The number of ether oxygens (including phenoxy) is 3. The van der Waals surface area contributed by atoms with Gasteiger partial charge in [-0.25, -0.2) is 8.42 Å². The molecule has 31 heavy (non-hydrogen) atoms. The zero-order chi connectivity index (χ0) is 22.4. The average Bonchev–Trinajstić information content (AvgIpc) is 2.82. The summed E-state index contributed by atoms with van der Waals surface area (Å²) in [4.78, 5) is 15.1. The molecule has 2 aliphatic rings. The molecule has 0 aromatic heterocycles. The standard InChI is InChI=1S/C22H34N2O6S/c1-4-14-30-18-6-5-11-23(16-18)22(25)17-9-12-24(13-10-17)31(26,27)19-7-8-20(28-2)21(15-19)29-3/h7-8,15,17-18H,4-6,9-14,16H2,1-3H3. The van der Waals surface area contributed by atoms with Gasteiger partial charge < -0.3 is 19.1 Å². The van der Waals surface area contributed by atoms with Crippen molar-refractivity contribution in [2.75, 3.05) is 47.0 Å². The largest absolute Gasteiger partial charge is 0.493 e. The molecule has 0 bridgehead atoms. The molecule has 1 aromatic rings. The van der Waals surface area contributed by atoms with Gasteiger partial charge in [-0.2, -0.15) is 4.31 Å². The summed E-state index contributed by atoms with van der Waals surface area (Å²) in [5.41, 5.74) is 0. The Labute approximate surface area is 185 Å². The lowest BCUT2D eigenvalue weighted by Gasteiger charge is -2.37. The van der Waals surface area contributed by atoms with Crippen molar-refractivity contribution in [2.24, 2.45) is 5.92 Å². The number of hydrogen-bond donors (Lipinski definition) is 0. The number of likely N-dealkylation sites (tertiary alicyclic amines) is 1. The molecule has 1 unspecified atom stereocenters. The van der Waals surface area contributed by atoms with E-state index in [1.54, 1.807) is 6.07 Å². The first-order chi connectivity index (χ1) is 14.9. The molecule has 0 spiro atoms. The Morgan fingerprint density at radius 1 is 1.06 bits per heavy atom. The minimum Gasteiger partial charge on any atom is -0.493 e. The molecule has 0 aliphatic carbocycles. The first-order valence-corrected chi connectivity index (χ1v) is 12.5. The van der Waals surface area contributed by atoms with Crippen molar-refractivity contribution in [1.29, 1.82) is 0 Å². The third kappa shape index (κ3) is 5.51. The zero-order valence-corrected chi connectivity index (χ0v) is 19.5. The van der Waals surface area contributed by atoms with Crippen molar-refractivity contribution >= 4 is 15.9 Å². The highest BCUT2D eigenvalue weighted by molar-refractivity contribution is 7.89. The highest BCUT2D eigenvalue weighted by Crippen LogP contribution is 2.32. The molecule has 1 amide bonds. The Kier molecular flexibility index (Phi) is 8.18. The first-order valence-electron chi connectivity index (χ1n) is 11.0. The summed E-state index contributed by atoms with van der Waals surface area (Å²) in [6.45, 7) is 4.86. The number of piperidine rings is 2. The van der Waals surface area contributed by atoms with Crippen LogP contribution in [0.3, 0.4) is 0 Å². The van der Waals surface area contributed by atoms with Crippen molar-refractivity contribution < 1.29 is 27.4 Å². The van der Waals surface area contributed by atoms with Gasteiger partial charge in [0.2, 0.25) is 15.9 Å². The van der Waals surface area contributed by atoms with E-state index in [-0.39, 0.29) is 22.8 Å². The maximum Gasteiger partial charge on any atom is 0.243 e. The van der Waals surface area contributed by atoms with Crippen molar-refractivity contribution in [3.05, 3.63) is 18.2 Å². The van der Waals surface area contributed by atoms with E-state index >= 15 is 0 Å². The number of benzene rings is 1. The van der Waals surface area contributed by atoms with Crippen LogP contribution in [0.5, 0.6) is 11.5 Å². The summed E-state index contributed by atoms with van der Waals surface area (Å²) in [6.07, 6.45) is 4.09. The van der Waals surface area contributed by atoms with Crippen LogP contribution < -0.4 is 9.47 Å². The molecular formula is C22H34N2O6S. The molecule has 1 atom stereocenters. The molecule has 8 nitrogen and oxygen atoms in total. The minimum absolute atomic E-state index is 0.114. The molecular weight excluding hydrogens is 420 g/mol. The van der Waals surface area contributed by atoms with Crippen LogP contribution in [0.15, 0.2) is 23.1 Å². The smallest absolute Gasteiger partial charge is 0.243 e. The fraction of sp³-hybridized carbons (Fsp3) is 0.682. The van der Waals surface area contributed by atoms with Crippen LogP contribution in [0.25, 0.3) is 0 Å². The average molecular weight is 455 g/mol. The normalized spacial score (nSPS) is 21.1. The molecule has 0 saturated carbocycles. The summed E-state index contributed by atoms with van der Waals surface area (Å²) in [5, 5.41) is 0. The lowest BCUT2D eigenvalue weighted by Crippen LogP contribution is -2.48. The quantitative estimate of drug-likeness (QED) is 0.600. The van der Waals surface area contributed by atoms with Gasteiger partial charge in [-0.15, -0.1) is 0 Å². The van der Waals surface area contributed by atoms with Crippen LogP contribution in [0.4, 0.5) is 0 Å². The topological polar surface area (TPSA) is 85.4 Å². The molecule has 9 heteroatoms. The van der Waals surface area contributed by atoms with Gasteiger partial charge in [0.05, 0.1) is 25.2 Å². The number of carbonyl (C=O) groups excluding carboxylic acids is 1. The molecule has 0 N–H and O–H groups in total. The van der Waals surface area contributed by atoms with Crippen molar-refractivity contribution in [3.8, 4) is 11.5 Å². The van der Waals surface area contributed by atoms with Crippen LogP contribution in [-0.2, 0) is 19.6 Å². The van der Waals surface area contributed by atoms with E-state index in [0.29, 0.717) is 44.0 Å². The monoisotopic (exact) mass is 454 g/mol. The predicted octanol–water partition coefficient (Wildman–Crippen LogP) is 2.52. The number of rotatable bonds is 8.